The molecule has 1 aromatic rings. The van der Waals surface area contributed by atoms with Crippen molar-refractivity contribution in [3.63, 3.8) is 0 Å². The Hall–Kier alpha value is -1.59. The molecule has 0 amide bonds. The Morgan fingerprint density at radius 1 is 1.27 bits per heavy atom. The number of esters is 1. The molecule has 5 nitrogen and oxygen atoms in total. The molecule has 1 saturated heterocycles. The molecule has 0 unspecified atom stereocenters. The third-order valence-electron chi connectivity index (χ3n) is 4.51. The van der Waals surface area contributed by atoms with E-state index >= 15 is 0 Å². The Morgan fingerprint density at radius 2 is 1.92 bits per heavy atom. The van der Waals surface area contributed by atoms with Crippen molar-refractivity contribution in [1.29, 1.82) is 0 Å². The molecule has 0 aromatic heterocycles. The minimum absolute atomic E-state index is 0.127. The summed E-state index contributed by atoms with van der Waals surface area (Å²) >= 11 is 0. The Kier molecular flexibility index (Phi) is 7.07. The van der Waals surface area contributed by atoms with Gasteiger partial charge in [-0.1, -0.05) is 13.8 Å². The van der Waals surface area contributed by atoms with Gasteiger partial charge in [-0.15, -0.1) is 0 Å². The second kappa shape index (κ2) is 8.87. The van der Waals surface area contributed by atoms with Crippen molar-refractivity contribution < 1.29 is 23.9 Å². The van der Waals surface area contributed by atoms with Crippen molar-refractivity contribution in [3.8, 4) is 5.75 Å². The smallest absolute Gasteiger partial charge is 0.338 e. The highest BCUT2D eigenvalue weighted by Gasteiger charge is 2.39. The molecule has 0 saturated carbocycles. The minimum atomic E-state index is -0.276. The van der Waals surface area contributed by atoms with Crippen LogP contribution in [0, 0.1) is 11.8 Å². The second-order valence-electron chi connectivity index (χ2n) is 8.62. The monoisotopic (exact) mass is 364 g/mol. The van der Waals surface area contributed by atoms with Crippen molar-refractivity contribution >= 4 is 5.97 Å². The molecule has 5 heteroatoms. The van der Waals surface area contributed by atoms with Crippen LogP contribution < -0.4 is 9.64 Å². The number of carbonyl (C=O) groups excluding carboxylic acids is 1. The first-order valence-corrected chi connectivity index (χ1v) is 9.53. The summed E-state index contributed by atoms with van der Waals surface area (Å²) in [7, 11) is 4.21. The van der Waals surface area contributed by atoms with E-state index in [1.807, 2.05) is 26.0 Å². The van der Waals surface area contributed by atoms with Gasteiger partial charge in [0.2, 0.25) is 0 Å². The van der Waals surface area contributed by atoms with Crippen molar-refractivity contribution in [2.24, 2.45) is 11.8 Å². The zero-order chi connectivity index (χ0) is 19.3. The fourth-order valence-corrected chi connectivity index (χ4v) is 3.16. The molecule has 0 spiro atoms. The number of hydrogen-bond donors (Lipinski definition) is 1. The molecule has 1 aliphatic rings. The van der Waals surface area contributed by atoms with Crippen LogP contribution in [0.5, 0.6) is 5.75 Å². The average molecular weight is 365 g/mol. The van der Waals surface area contributed by atoms with Gasteiger partial charge in [-0.05, 0) is 44.0 Å². The number of nitrogens with one attached hydrogen (secondary N) is 1. The normalized spacial score (nSPS) is 22.5. The molecule has 1 heterocycles. The lowest BCUT2D eigenvalue weighted by atomic mass is 9.88. The third-order valence-corrected chi connectivity index (χ3v) is 4.51. The molecule has 0 bridgehead atoms. The van der Waals surface area contributed by atoms with Gasteiger partial charge in [-0.3, -0.25) is 0 Å². The Labute approximate surface area is 157 Å². The van der Waals surface area contributed by atoms with Gasteiger partial charge in [0.05, 0.1) is 50.9 Å². The van der Waals surface area contributed by atoms with E-state index in [4.69, 9.17) is 14.2 Å². The average Bonchev–Trinajstić information content (AvgIpc) is 2.55. The topological polar surface area (TPSA) is 49.2 Å². The molecule has 1 N–H and O–H groups in total. The van der Waals surface area contributed by atoms with Crippen LogP contribution in [0.2, 0.25) is 0 Å². The molecule has 1 aliphatic heterocycles. The number of benzene rings is 1. The van der Waals surface area contributed by atoms with E-state index in [1.165, 1.54) is 4.90 Å². The zero-order valence-electron chi connectivity index (χ0n) is 17.0. The first-order valence-electron chi connectivity index (χ1n) is 9.53. The summed E-state index contributed by atoms with van der Waals surface area (Å²) in [4.78, 5) is 13.9. The molecule has 1 fully saturated rings. The van der Waals surface area contributed by atoms with E-state index in [-0.39, 0.29) is 23.6 Å². The fourth-order valence-electron chi connectivity index (χ4n) is 3.16. The van der Waals surface area contributed by atoms with Crippen LogP contribution in [0.1, 0.15) is 44.5 Å². The standard InChI is InChI=1S/C21H33NO4/c1-15(2)13-24-18-9-7-16(8-10-18)20(23)26-19-11-21(3,4)25-14-17(19)12-22(5)6/h7-10,15,17,19H,11-14H2,1-6H3/p+1/t17-,19-/m0/s1. The summed E-state index contributed by atoms with van der Waals surface area (Å²) in [5, 5.41) is 0. The number of carbonyl (C=O) groups is 1. The SMILES string of the molecule is CC(C)COc1ccc(C(=O)O[C@H]2CC(C)(C)OC[C@@H]2C[NH+](C)C)cc1. The molecule has 146 valence electrons. The van der Waals surface area contributed by atoms with Crippen LogP contribution in [0.3, 0.4) is 0 Å². The number of ether oxygens (including phenoxy) is 3. The van der Waals surface area contributed by atoms with E-state index < -0.39 is 0 Å². The van der Waals surface area contributed by atoms with Gasteiger partial charge in [0.25, 0.3) is 0 Å². The molecule has 26 heavy (non-hydrogen) atoms. The molecule has 1 aromatic carbocycles. The van der Waals surface area contributed by atoms with E-state index in [0.29, 0.717) is 31.1 Å². The lowest BCUT2D eigenvalue weighted by Crippen LogP contribution is -3.07. The van der Waals surface area contributed by atoms with E-state index in [0.717, 1.165) is 12.3 Å². The number of hydrogen-bond acceptors (Lipinski definition) is 4. The van der Waals surface area contributed by atoms with Crippen LogP contribution in [0.25, 0.3) is 0 Å². The van der Waals surface area contributed by atoms with Crippen molar-refractivity contribution in [2.75, 3.05) is 33.9 Å². The van der Waals surface area contributed by atoms with Gasteiger partial charge in [0.1, 0.15) is 11.9 Å². The predicted octanol–water partition coefficient (Wildman–Crippen LogP) is 2.21. The maximum Gasteiger partial charge on any atom is 0.338 e. The lowest BCUT2D eigenvalue weighted by molar-refractivity contribution is -0.863. The minimum Gasteiger partial charge on any atom is -0.493 e. The van der Waals surface area contributed by atoms with Crippen LogP contribution in [-0.4, -0.2) is 51.5 Å². The summed E-state index contributed by atoms with van der Waals surface area (Å²) in [6.45, 7) is 10.5. The highest BCUT2D eigenvalue weighted by Crippen LogP contribution is 2.30. The van der Waals surface area contributed by atoms with Crippen LogP contribution in [0.15, 0.2) is 24.3 Å². The van der Waals surface area contributed by atoms with Gasteiger partial charge in [0.15, 0.2) is 0 Å². The second-order valence-corrected chi connectivity index (χ2v) is 8.62. The first kappa shape index (κ1) is 20.7. The summed E-state index contributed by atoms with van der Waals surface area (Å²) in [6, 6.07) is 7.20. The van der Waals surface area contributed by atoms with Crippen molar-refractivity contribution in [3.05, 3.63) is 29.8 Å². The molecule has 2 atom stereocenters. The van der Waals surface area contributed by atoms with Crippen LogP contribution in [0.4, 0.5) is 0 Å². The van der Waals surface area contributed by atoms with E-state index in [1.54, 1.807) is 12.1 Å². The Balaban J connectivity index is 2.01. The summed E-state index contributed by atoms with van der Waals surface area (Å²) in [5.74, 6) is 1.18. The molecule has 0 aliphatic carbocycles. The maximum atomic E-state index is 12.6. The van der Waals surface area contributed by atoms with Crippen molar-refractivity contribution in [2.45, 2.75) is 45.8 Å². The van der Waals surface area contributed by atoms with Crippen LogP contribution >= 0.6 is 0 Å². The molecular formula is C21H34NO4+. The highest BCUT2D eigenvalue weighted by molar-refractivity contribution is 5.89. The quantitative estimate of drug-likeness (QED) is 0.754. The third kappa shape index (κ3) is 6.29. The van der Waals surface area contributed by atoms with E-state index in [9.17, 15) is 4.79 Å². The molecule has 0 radical (unpaired) electrons. The number of quaternary nitrogens is 1. The maximum absolute atomic E-state index is 12.6. The Morgan fingerprint density at radius 3 is 2.50 bits per heavy atom. The molecular weight excluding hydrogens is 330 g/mol. The largest absolute Gasteiger partial charge is 0.493 e. The molecule has 2 rings (SSSR count). The summed E-state index contributed by atoms with van der Waals surface area (Å²) in [6.07, 6.45) is 0.588. The van der Waals surface area contributed by atoms with Gasteiger partial charge < -0.3 is 19.1 Å². The summed E-state index contributed by atoms with van der Waals surface area (Å²) < 4.78 is 17.5. The van der Waals surface area contributed by atoms with Crippen LogP contribution in [-0.2, 0) is 9.47 Å². The first-order chi connectivity index (χ1) is 12.2. The highest BCUT2D eigenvalue weighted by atomic mass is 16.6. The van der Waals surface area contributed by atoms with Crippen molar-refractivity contribution in [1.82, 2.24) is 0 Å². The zero-order valence-corrected chi connectivity index (χ0v) is 17.0. The lowest BCUT2D eigenvalue weighted by Gasteiger charge is -2.40. The predicted molar refractivity (Wildman–Crippen MR) is 102 cm³/mol. The fraction of sp³-hybridized carbons (Fsp3) is 0.667. The van der Waals surface area contributed by atoms with Gasteiger partial charge in [0, 0.05) is 6.42 Å². The number of rotatable bonds is 7. The van der Waals surface area contributed by atoms with Gasteiger partial charge >= 0.3 is 5.97 Å². The van der Waals surface area contributed by atoms with E-state index in [2.05, 4.69) is 27.9 Å². The Bertz CT molecular complexity index is 580. The summed E-state index contributed by atoms with van der Waals surface area (Å²) in [5.41, 5.74) is 0.291. The van der Waals surface area contributed by atoms with Gasteiger partial charge in [-0.2, -0.15) is 0 Å². The van der Waals surface area contributed by atoms with Gasteiger partial charge in [-0.25, -0.2) is 4.79 Å².